The van der Waals surface area contributed by atoms with Crippen LogP contribution in [0.3, 0.4) is 0 Å². The number of methoxy groups -OCH3 is 1. The number of hydrogen-bond acceptors (Lipinski definition) is 1. The quantitative estimate of drug-likeness (QED) is 0.219. The van der Waals surface area contributed by atoms with Gasteiger partial charge in [0, 0.05) is 11.1 Å². The Bertz CT molecular complexity index is 1370. The van der Waals surface area contributed by atoms with Gasteiger partial charge in [-0.15, -0.1) is 0 Å². The highest BCUT2D eigenvalue weighted by atomic mass is 127. The second-order valence-corrected chi connectivity index (χ2v) is 11.9. The van der Waals surface area contributed by atoms with Gasteiger partial charge < -0.3 is 4.74 Å². The molecule has 0 bridgehead atoms. The standard InChI is InChI=1S/C35H36F3IO/c1-40-33-20-19-31(34(37)35(33)38)28-15-13-27(14-16-28)30-18-17-29(22-32(30)36)26-11-9-25(10-12-26)24-7-5-23(6-8-24)4-2-3-21-39/h3,11,13-25H,2,4-10,12H2,1H3/b21-3+. The lowest BCUT2D eigenvalue weighted by Crippen LogP contribution is -2.23. The third-order valence-electron chi connectivity index (χ3n) is 8.95. The van der Waals surface area contributed by atoms with E-state index < -0.39 is 11.6 Å². The van der Waals surface area contributed by atoms with Crippen LogP contribution in [0, 0.1) is 35.2 Å². The Hall–Kier alpha value is -2.54. The van der Waals surface area contributed by atoms with Crippen molar-refractivity contribution >= 4 is 28.2 Å². The molecule has 0 aliphatic heterocycles. The van der Waals surface area contributed by atoms with Gasteiger partial charge in [0.25, 0.3) is 0 Å². The fourth-order valence-corrected chi connectivity index (χ4v) is 6.94. The fraction of sp³-hybridized carbons (Fsp3) is 0.371. The number of rotatable bonds is 8. The smallest absolute Gasteiger partial charge is 0.201 e. The van der Waals surface area contributed by atoms with Crippen molar-refractivity contribution in [1.29, 1.82) is 0 Å². The van der Waals surface area contributed by atoms with Gasteiger partial charge >= 0.3 is 0 Å². The summed E-state index contributed by atoms with van der Waals surface area (Å²) in [5, 5.41) is 0. The molecule has 1 saturated carbocycles. The molecule has 1 nitrogen and oxygen atoms in total. The predicted octanol–water partition coefficient (Wildman–Crippen LogP) is 11.2. The average Bonchev–Trinajstić information content (AvgIpc) is 2.99. The average molecular weight is 657 g/mol. The van der Waals surface area contributed by atoms with Crippen molar-refractivity contribution in [3.63, 3.8) is 0 Å². The Labute approximate surface area is 249 Å². The van der Waals surface area contributed by atoms with E-state index in [4.69, 9.17) is 4.74 Å². The van der Waals surface area contributed by atoms with Crippen LogP contribution in [0.25, 0.3) is 27.8 Å². The van der Waals surface area contributed by atoms with Gasteiger partial charge in [0.05, 0.1) is 7.11 Å². The molecule has 0 amide bonds. The first-order valence-corrected chi connectivity index (χ1v) is 15.6. The Morgan fingerprint density at radius 3 is 2.10 bits per heavy atom. The summed E-state index contributed by atoms with van der Waals surface area (Å²) < 4.78 is 50.9. The lowest BCUT2D eigenvalue weighted by atomic mass is 9.70. The summed E-state index contributed by atoms with van der Waals surface area (Å²) in [5.41, 5.74) is 4.05. The van der Waals surface area contributed by atoms with Crippen LogP contribution in [0.5, 0.6) is 5.75 Å². The van der Waals surface area contributed by atoms with Gasteiger partial charge in [-0.05, 0) is 107 Å². The minimum absolute atomic E-state index is 0.137. The van der Waals surface area contributed by atoms with Crippen LogP contribution in [0.4, 0.5) is 13.2 Å². The number of allylic oxidation sites excluding steroid dienone is 3. The molecular weight excluding hydrogens is 620 g/mol. The highest BCUT2D eigenvalue weighted by Crippen LogP contribution is 2.42. The number of benzene rings is 3. The molecule has 0 N–H and O–H groups in total. The molecule has 0 saturated heterocycles. The van der Waals surface area contributed by atoms with Crippen LogP contribution in [0.1, 0.15) is 63.4 Å². The summed E-state index contributed by atoms with van der Waals surface area (Å²) in [7, 11) is 1.30. The van der Waals surface area contributed by atoms with Crippen molar-refractivity contribution in [3.8, 4) is 28.0 Å². The van der Waals surface area contributed by atoms with Crippen LogP contribution in [-0.2, 0) is 0 Å². The topological polar surface area (TPSA) is 9.23 Å². The maximum atomic E-state index is 15.3. The molecule has 3 aromatic rings. The van der Waals surface area contributed by atoms with Gasteiger partial charge in [-0.1, -0.05) is 84.0 Å². The van der Waals surface area contributed by atoms with Crippen LogP contribution in [-0.4, -0.2) is 7.11 Å². The molecule has 40 heavy (non-hydrogen) atoms. The number of hydrogen-bond donors (Lipinski definition) is 0. The van der Waals surface area contributed by atoms with Crippen molar-refractivity contribution < 1.29 is 17.9 Å². The van der Waals surface area contributed by atoms with Gasteiger partial charge in [-0.3, -0.25) is 0 Å². The molecule has 0 radical (unpaired) electrons. The van der Waals surface area contributed by atoms with Crippen LogP contribution < -0.4 is 4.74 Å². The third-order valence-corrected chi connectivity index (χ3v) is 9.46. The fourth-order valence-electron chi connectivity index (χ4n) is 6.58. The largest absolute Gasteiger partial charge is 0.494 e. The van der Waals surface area contributed by atoms with E-state index in [1.807, 2.05) is 12.1 Å². The van der Waals surface area contributed by atoms with Crippen molar-refractivity contribution in [3.05, 3.63) is 93.8 Å². The molecule has 1 fully saturated rings. The second-order valence-electron chi connectivity index (χ2n) is 11.2. The highest BCUT2D eigenvalue weighted by Gasteiger charge is 2.28. The first-order valence-electron chi connectivity index (χ1n) is 14.4. The van der Waals surface area contributed by atoms with Crippen molar-refractivity contribution in [2.75, 3.05) is 7.11 Å². The van der Waals surface area contributed by atoms with Crippen molar-refractivity contribution in [1.82, 2.24) is 0 Å². The molecule has 0 heterocycles. The first kappa shape index (κ1) is 29.0. The molecule has 5 heteroatoms. The summed E-state index contributed by atoms with van der Waals surface area (Å²) >= 11 is 2.30. The number of ether oxygens (including phenoxy) is 1. The monoisotopic (exact) mass is 656 g/mol. The lowest BCUT2D eigenvalue weighted by molar-refractivity contribution is 0.190. The molecule has 1 atom stereocenters. The summed E-state index contributed by atoms with van der Waals surface area (Å²) in [6.07, 6.45) is 15.9. The van der Waals surface area contributed by atoms with E-state index in [2.05, 4.69) is 38.8 Å². The van der Waals surface area contributed by atoms with E-state index in [0.717, 1.165) is 36.2 Å². The minimum Gasteiger partial charge on any atom is -0.494 e. The Morgan fingerprint density at radius 1 is 0.800 bits per heavy atom. The zero-order valence-corrected chi connectivity index (χ0v) is 25.1. The Morgan fingerprint density at radius 2 is 1.48 bits per heavy atom. The summed E-state index contributed by atoms with van der Waals surface area (Å²) in [5.74, 6) is 0.0926. The third kappa shape index (κ3) is 6.50. The molecule has 210 valence electrons. The SMILES string of the molecule is COc1ccc(-c2ccc(-c3ccc(C4=CCC(C5CCC(CC/C=C/I)CC5)CC4)cc3F)cc2)c(F)c1F. The minimum atomic E-state index is -1.02. The predicted molar refractivity (Wildman–Crippen MR) is 167 cm³/mol. The Balaban J connectivity index is 1.22. The van der Waals surface area contributed by atoms with E-state index >= 15 is 4.39 Å². The van der Waals surface area contributed by atoms with Gasteiger partial charge in [0.15, 0.2) is 11.6 Å². The summed E-state index contributed by atoms with van der Waals surface area (Å²) in [4.78, 5) is 0. The van der Waals surface area contributed by atoms with Gasteiger partial charge in [0.2, 0.25) is 5.82 Å². The maximum absolute atomic E-state index is 15.3. The van der Waals surface area contributed by atoms with E-state index in [1.165, 1.54) is 69.8 Å². The van der Waals surface area contributed by atoms with Gasteiger partial charge in [-0.25, -0.2) is 8.78 Å². The molecule has 5 rings (SSSR count). The second kappa shape index (κ2) is 13.4. The van der Waals surface area contributed by atoms with Crippen LogP contribution in [0.15, 0.2) is 70.8 Å². The first-order chi connectivity index (χ1) is 19.5. The van der Waals surface area contributed by atoms with E-state index in [0.29, 0.717) is 16.7 Å². The van der Waals surface area contributed by atoms with Crippen molar-refractivity contribution in [2.45, 2.75) is 57.8 Å². The molecule has 0 aromatic heterocycles. The van der Waals surface area contributed by atoms with Crippen LogP contribution >= 0.6 is 22.6 Å². The van der Waals surface area contributed by atoms with E-state index in [-0.39, 0.29) is 17.1 Å². The van der Waals surface area contributed by atoms with Crippen molar-refractivity contribution in [2.24, 2.45) is 17.8 Å². The van der Waals surface area contributed by atoms with Gasteiger partial charge in [0.1, 0.15) is 5.82 Å². The zero-order valence-electron chi connectivity index (χ0n) is 22.9. The molecular formula is C35H36F3IO. The Kier molecular flexibility index (Phi) is 9.72. The summed E-state index contributed by atoms with van der Waals surface area (Å²) in [6.45, 7) is 0. The molecule has 2 aliphatic carbocycles. The maximum Gasteiger partial charge on any atom is 0.201 e. The summed E-state index contributed by atoms with van der Waals surface area (Å²) in [6, 6.07) is 15.2. The van der Waals surface area contributed by atoms with E-state index in [9.17, 15) is 8.78 Å². The highest BCUT2D eigenvalue weighted by molar-refractivity contribution is 14.1. The molecule has 1 unspecified atom stereocenters. The van der Waals surface area contributed by atoms with E-state index in [1.54, 1.807) is 30.3 Å². The zero-order chi connectivity index (χ0) is 28.1. The molecule has 3 aromatic carbocycles. The molecule has 0 spiro atoms. The molecule has 2 aliphatic rings. The number of halogens is 4. The van der Waals surface area contributed by atoms with Gasteiger partial charge in [-0.2, -0.15) is 4.39 Å². The van der Waals surface area contributed by atoms with Crippen LogP contribution in [0.2, 0.25) is 0 Å². The normalized spacial score (nSPS) is 21.4. The lowest BCUT2D eigenvalue weighted by Gasteiger charge is -2.35.